The van der Waals surface area contributed by atoms with Crippen molar-refractivity contribution >= 4 is 55.2 Å². The molecule has 0 spiro atoms. The van der Waals surface area contributed by atoms with Crippen LogP contribution in [0.2, 0.25) is 0 Å². The summed E-state index contributed by atoms with van der Waals surface area (Å²) in [5.41, 5.74) is 4.21. The molecule has 1 N–H and O–H groups in total. The lowest BCUT2D eigenvalue weighted by molar-refractivity contribution is 0.615. The van der Waals surface area contributed by atoms with Crippen molar-refractivity contribution in [3.05, 3.63) is 59.4 Å². The Balaban J connectivity index is 1.68. The topological polar surface area (TPSA) is 51.0 Å². The van der Waals surface area contributed by atoms with Crippen molar-refractivity contribution in [2.75, 3.05) is 5.32 Å². The van der Waals surface area contributed by atoms with Gasteiger partial charge in [0.05, 0.1) is 16.7 Å². The van der Waals surface area contributed by atoms with Crippen LogP contribution >= 0.6 is 22.7 Å². The Bertz CT molecular complexity index is 1200. The minimum absolute atomic E-state index is 0.729. The second kappa shape index (κ2) is 5.68. The fourth-order valence-corrected chi connectivity index (χ4v) is 4.75. The minimum Gasteiger partial charge on any atom is -0.460 e. The van der Waals surface area contributed by atoms with Crippen LogP contribution in [-0.4, -0.2) is 9.97 Å². The minimum atomic E-state index is 0.729. The molecule has 0 bridgehead atoms. The molecule has 0 saturated heterocycles. The second-order valence-electron chi connectivity index (χ2n) is 5.82. The number of nitrogens with one attached hydrogen (secondary N) is 1. The molecule has 0 aromatic carbocycles. The Morgan fingerprint density at radius 3 is 2.96 bits per heavy atom. The number of thiophene rings is 2. The van der Waals surface area contributed by atoms with E-state index in [0.29, 0.717) is 0 Å². The lowest BCUT2D eigenvalue weighted by Crippen LogP contribution is -1.93. The molecule has 0 aliphatic carbocycles. The van der Waals surface area contributed by atoms with Gasteiger partial charge in [-0.2, -0.15) is 0 Å². The van der Waals surface area contributed by atoms with Crippen LogP contribution in [-0.2, 0) is 0 Å². The van der Waals surface area contributed by atoms with Gasteiger partial charge < -0.3 is 9.73 Å². The molecular weight excluding hydrogens is 350 g/mol. The van der Waals surface area contributed by atoms with E-state index in [4.69, 9.17) is 4.42 Å². The molecule has 122 valence electrons. The van der Waals surface area contributed by atoms with Crippen molar-refractivity contribution in [3.8, 4) is 10.4 Å². The van der Waals surface area contributed by atoms with Gasteiger partial charge in [0.2, 0.25) is 0 Å². The number of rotatable bonds is 3. The quantitative estimate of drug-likeness (QED) is 0.413. The van der Waals surface area contributed by atoms with E-state index < -0.39 is 0 Å². The highest BCUT2D eigenvalue weighted by atomic mass is 32.1. The number of furan rings is 1. The highest BCUT2D eigenvalue weighted by Crippen LogP contribution is 2.41. The van der Waals surface area contributed by atoms with Crippen molar-refractivity contribution in [2.24, 2.45) is 0 Å². The summed E-state index contributed by atoms with van der Waals surface area (Å²) in [7, 11) is 0. The largest absolute Gasteiger partial charge is 0.460 e. The number of nitrogens with zero attached hydrogens (tertiary/aromatic N) is 2. The summed E-state index contributed by atoms with van der Waals surface area (Å²) in [5.74, 6) is 0.729. The Hall–Kier alpha value is -2.70. The SMILES string of the molecule is Cc1csc(-c2cncc3scc(Nc4nccc5ccoc45)c23)c1. The van der Waals surface area contributed by atoms with Gasteiger partial charge in [-0.3, -0.25) is 4.98 Å². The lowest BCUT2D eigenvalue weighted by atomic mass is 10.1. The van der Waals surface area contributed by atoms with E-state index in [0.717, 1.165) is 32.7 Å². The third-order valence-corrected chi connectivity index (χ3v) is 6.10. The van der Waals surface area contributed by atoms with Crippen molar-refractivity contribution < 1.29 is 4.42 Å². The van der Waals surface area contributed by atoms with E-state index in [1.165, 1.54) is 15.8 Å². The zero-order chi connectivity index (χ0) is 16.8. The Labute approximate surface area is 151 Å². The molecule has 0 aliphatic heterocycles. The van der Waals surface area contributed by atoms with E-state index in [2.05, 4.69) is 39.0 Å². The van der Waals surface area contributed by atoms with Crippen LogP contribution in [0.1, 0.15) is 5.56 Å². The highest BCUT2D eigenvalue weighted by molar-refractivity contribution is 7.18. The lowest BCUT2D eigenvalue weighted by Gasteiger charge is -2.07. The molecule has 0 aliphatic rings. The maximum atomic E-state index is 5.60. The molecule has 0 radical (unpaired) electrons. The van der Waals surface area contributed by atoms with Crippen LogP contribution in [0.4, 0.5) is 11.5 Å². The molecule has 0 saturated carbocycles. The van der Waals surface area contributed by atoms with Crippen molar-refractivity contribution in [2.45, 2.75) is 6.92 Å². The first-order chi connectivity index (χ1) is 12.3. The van der Waals surface area contributed by atoms with E-state index in [9.17, 15) is 0 Å². The standard InChI is InChI=1S/C19H13N3OS2/c1-11-6-15(24-9-11)13-7-20-8-16-17(13)14(10-25-16)22-19-18-12(2-4-21-19)3-5-23-18/h2-10H,1H3,(H,21,22). The molecule has 0 fully saturated rings. The smallest absolute Gasteiger partial charge is 0.176 e. The molecule has 0 atom stereocenters. The predicted molar refractivity (Wildman–Crippen MR) is 105 cm³/mol. The van der Waals surface area contributed by atoms with Gasteiger partial charge in [-0.1, -0.05) is 0 Å². The molecule has 5 rings (SSSR count). The molecule has 0 unspecified atom stereocenters. The average Bonchev–Trinajstić information content (AvgIpc) is 3.35. The maximum absolute atomic E-state index is 5.60. The third kappa shape index (κ3) is 2.42. The summed E-state index contributed by atoms with van der Waals surface area (Å²) in [6.45, 7) is 2.11. The molecule has 0 amide bonds. The van der Waals surface area contributed by atoms with Gasteiger partial charge in [-0.05, 0) is 36.1 Å². The van der Waals surface area contributed by atoms with Crippen LogP contribution in [0.3, 0.4) is 0 Å². The molecule has 5 aromatic rings. The Morgan fingerprint density at radius 2 is 2.08 bits per heavy atom. The summed E-state index contributed by atoms with van der Waals surface area (Å²) >= 11 is 3.42. The number of aromatic nitrogens is 2. The first-order valence-electron chi connectivity index (χ1n) is 7.79. The number of aryl methyl sites for hydroxylation is 1. The number of fused-ring (bicyclic) bond motifs is 2. The molecule has 5 heterocycles. The zero-order valence-corrected chi connectivity index (χ0v) is 14.9. The molecular formula is C19H13N3OS2. The van der Waals surface area contributed by atoms with E-state index in [1.54, 1.807) is 35.1 Å². The Kier molecular flexibility index (Phi) is 3.33. The summed E-state index contributed by atoms with van der Waals surface area (Å²) in [6.07, 6.45) is 7.33. The van der Waals surface area contributed by atoms with Crippen molar-refractivity contribution in [1.29, 1.82) is 0 Å². The fraction of sp³-hybridized carbons (Fsp3) is 0.0526. The molecule has 5 aromatic heterocycles. The second-order valence-corrected chi connectivity index (χ2v) is 7.64. The van der Waals surface area contributed by atoms with Gasteiger partial charge in [-0.15, -0.1) is 22.7 Å². The van der Waals surface area contributed by atoms with Gasteiger partial charge in [-0.25, -0.2) is 4.98 Å². The van der Waals surface area contributed by atoms with Crippen LogP contribution < -0.4 is 5.32 Å². The van der Waals surface area contributed by atoms with Gasteiger partial charge in [0, 0.05) is 45.2 Å². The first kappa shape index (κ1) is 14.6. The number of hydrogen-bond acceptors (Lipinski definition) is 6. The van der Waals surface area contributed by atoms with E-state index >= 15 is 0 Å². The molecule has 25 heavy (non-hydrogen) atoms. The third-order valence-electron chi connectivity index (χ3n) is 4.10. The van der Waals surface area contributed by atoms with Gasteiger partial charge in [0.15, 0.2) is 11.4 Å². The van der Waals surface area contributed by atoms with E-state index in [-0.39, 0.29) is 0 Å². The van der Waals surface area contributed by atoms with E-state index in [1.807, 2.05) is 24.5 Å². The Morgan fingerprint density at radius 1 is 1.12 bits per heavy atom. The number of anilines is 2. The van der Waals surface area contributed by atoms with Gasteiger partial charge in [0.1, 0.15) is 0 Å². The normalized spacial score (nSPS) is 11.4. The predicted octanol–water partition coefficient (Wildman–Crippen LogP) is 6.22. The average molecular weight is 363 g/mol. The van der Waals surface area contributed by atoms with Gasteiger partial charge in [0.25, 0.3) is 0 Å². The summed E-state index contributed by atoms with van der Waals surface area (Å²) in [5, 5.41) is 9.94. The number of hydrogen-bond donors (Lipinski definition) is 1. The zero-order valence-electron chi connectivity index (χ0n) is 13.3. The number of pyridine rings is 2. The van der Waals surface area contributed by atoms with Crippen LogP contribution in [0.5, 0.6) is 0 Å². The van der Waals surface area contributed by atoms with Gasteiger partial charge >= 0.3 is 0 Å². The summed E-state index contributed by atoms with van der Waals surface area (Å²) in [4.78, 5) is 10.1. The summed E-state index contributed by atoms with van der Waals surface area (Å²) < 4.78 is 6.75. The monoisotopic (exact) mass is 363 g/mol. The van der Waals surface area contributed by atoms with Crippen LogP contribution in [0.15, 0.2) is 58.2 Å². The van der Waals surface area contributed by atoms with Crippen LogP contribution in [0, 0.1) is 6.92 Å². The summed E-state index contributed by atoms with van der Waals surface area (Å²) in [6, 6.07) is 6.09. The van der Waals surface area contributed by atoms with Crippen LogP contribution in [0.25, 0.3) is 31.5 Å². The molecule has 6 heteroatoms. The van der Waals surface area contributed by atoms with Crippen molar-refractivity contribution in [3.63, 3.8) is 0 Å². The first-order valence-corrected chi connectivity index (χ1v) is 9.55. The van der Waals surface area contributed by atoms with Crippen molar-refractivity contribution in [1.82, 2.24) is 9.97 Å². The fourth-order valence-electron chi connectivity index (χ4n) is 2.95. The molecule has 4 nitrogen and oxygen atoms in total. The maximum Gasteiger partial charge on any atom is 0.176 e. The highest BCUT2D eigenvalue weighted by Gasteiger charge is 2.14.